The number of carbonyl (C=O) groups is 1. The monoisotopic (exact) mass is 138 g/mol. The lowest BCUT2D eigenvalue weighted by atomic mass is 9.83. The molecule has 0 radical (unpaired) electrons. The van der Waals surface area contributed by atoms with E-state index in [9.17, 15) is 4.79 Å². The van der Waals surface area contributed by atoms with Gasteiger partial charge in [0, 0.05) is 6.42 Å². The van der Waals surface area contributed by atoms with E-state index < -0.39 is 0 Å². The minimum absolute atomic E-state index is 0.290. The summed E-state index contributed by atoms with van der Waals surface area (Å²) in [5.41, 5.74) is 0.869. The third kappa shape index (κ3) is 1.28. The third-order valence-corrected chi connectivity index (χ3v) is 2.30. The van der Waals surface area contributed by atoms with E-state index in [2.05, 4.69) is 13.5 Å². The van der Waals surface area contributed by atoms with Crippen molar-refractivity contribution in [1.29, 1.82) is 0 Å². The molecule has 0 spiro atoms. The average molecular weight is 138 g/mol. The second-order valence-electron chi connectivity index (χ2n) is 2.95. The Morgan fingerprint density at radius 2 is 2.40 bits per heavy atom. The molecule has 1 rings (SSSR count). The van der Waals surface area contributed by atoms with Crippen molar-refractivity contribution in [2.45, 2.75) is 32.6 Å². The molecule has 1 heteroatoms. The molecule has 1 nitrogen and oxygen atoms in total. The van der Waals surface area contributed by atoms with Crippen molar-refractivity contribution in [3.63, 3.8) is 0 Å². The van der Waals surface area contributed by atoms with Crippen molar-refractivity contribution in [1.82, 2.24) is 0 Å². The summed E-state index contributed by atoms with van der Waals surface area (Å²) in [7, 11) is 0. The van der Waals surface area contributed by atoms with Crippen LogP contribution in [0.15, 0.2) is 12.2 Å². The SMILES string of the molecule is C=C1C(=O)CCCC1CC. The molecule has 0 saturated heterocycles. The molecular formula is C9H14O. The fourth-order valence-electron chi connectivity index (χ4n) is 1.52. The molecule has 0 aromatic rings. The average Bonchev–Trinajstić information content (AvgIpc) is 1.95. The van der Waals surface area contributed by atoms with Gasteiger partial charge in [0.1, 0.15) is 0 Å². The molecule has 1 atom stereocenters. The fraction of sp³-hybridized carbons (Fsp3) is 0.667. The van der Waals surface area contributed by atoms with E-state index in [1.54, 1.807) is 0 Å². The van der Waals surface area contributed by atoms with Crippen LogP contribution in [0.3, 0.4) is 0 Å². The Morgan fingerprint density at radius 1 is 1.70 bits per heavy atom. The summed E-state index contributed by atoms with van der Waals surface area (Å²) in [6.07, 6.45) is 4.04. The van der Waals surface area contributed by atoms with Crippen LogP contribution in [-0.2, 0) is 4.79 Å². The maximum absolute atomic E-state index is 11.1. The molecule has 0 bridgehead atoms. The van der Waals surface area contributed by atoms with E-state index in [-0.39, 0.29) is 5.78 Å². The van der Waals surface area contributed by atoms with Crippen molar-refractivity contribution < 1.29 is 4.79 Å². The number of hydrogen-bond acceptors (Lipinski definition) is 1. The molecular weight excluding hydrogens is 124 g/mol. The molecule has 1 aliphatic carbocycles. The molecule has 0 heterocycles. The van der Waals surface area contributed by atoms with Crippen LogP contribution in [0.4, 0.5) is 0 Å². The molecule has 0 aliphatic heterocycles. The Labute approximate surface area is 62.1 Å². The number of Topliss-reactive ketones (excluding diaryl/α,β-unsaturated/α-hetero) is 1. The normalized spacial score (nSPS) is 27.1. The summed E-state index contributed by atoms with van der Waals surface area (Å²) >= 11 is 0. The molecule has 1 saturated carbocycles. The van der Waals surface area contributed by atoms with Crippen LogP contribution >= 0.6 is 0 Å². The Hall–Kier alpha value is -0.590. The van der Waals surface area contributed by atoms with Crippen LogP contribution in [0.1, 0.15) is 32.6 Å². The van der Waals surface area contributed by atoms with Gasteiger partial charge in [-0.1, -0.05) is 13.5 Å². The zero-order valence-corrected chi connectivity index (χ0v) is 6.52. The highest BCUT2D eigenvalue weighted by atomic mass is 16.1. The first-order valence-corrected chi connectivity index (χ1v) is 3.97. The highest BCUT2D eigenvalue weighted by Gasteiger charge is 2.21. The van der Waals surface area contributed by atoms with Crippen LogP contribution in [0.25, 0.3) is 0 Å². The van der Waals surface area contributed by atoms with Gasteiger partial charge in [0.05, 0.1) is 0 Å². The summed E-state index contributed by atoms with van der Waals surface area (Å²) in [6.45, 7) is 5.92. The van der Waals surface area contributed by atoms with Gasteiger partial charge in [-0.05, 0) is 30.8 Å². The Kier molecular flexibility index (Phi) is 2.25. The molecule has 10 heavy (non-hydrogen) atoms. The fourth-order valence-corrected chi connectivity index (χ4v) is 1.52. The first-order chi connectivity index (χ1) is 4.75. The lowest BCUT2D eigenvalue weighted by Gasteiger charge is -2.21. The van der Waals surface area contributed by atoms with Gasteiger partial charge >= 0.3 is 0 Å². The number of carbonyl (C=O) groups excluding carboxylic acids is 1. The predicted molar refractivity (Wildman–Crippen MR) is 41.8 cm³/mol. The van der Waals surface area contributed by atoms with E-state index in [0.717, 1.165) is 24.8 Å². The minimum Gasteiger partial charge on any atom is -0.295 e. The first kappa shape index (κ1) is 7.52. The van der Waals surface area contributed by atoms with Crippen molar-refractivity contribution >= 4 is 5.78 Å². The summed E-state index contributed by atoms with van der Waals surface area (Å²) in [5.74, 6) is 0.777. The van der Waals surface area contributed by atoms with E-state index in [4.69, 9.17) is 0 Å². The quantitative estimate of drug-likeness (QED) is 0.508. The Bertz CT molecular complexity index is 158. The lowest BCUT2D eigenvalue weighted by molar-refractivity contribution is -0.117. The molecule has 0 N–H and O–H groups in total. The smallest absolute Gasteiger partial charge is 0.158 e. The van der Waals surface area contributed by atoms with Gasteiger partial charge in [0.25, 0.3) is 0 Å². The predicted octanol–water partition coefficient (Wildman–Crippen LogP) is 2.32. The second kappa shape index (κ2) is 3.00. The zero-order valence-electron chi connectivity index (χ0n) is 6.52. The van der Waals surface area contributed by atoms with E-state index in [1.807, 2.05) is 0 Å². The zero-order chi connectivity index (χ0) is 7.56. The molecule has 0 aromatic carbocycles. The molecule has 1 aliphatic rings. The van der Waals surface area contributed by atoms with Crippen molar-refractivity contribution in [3.8, 4) is 0 Å². The van der Waals surface area contributed by atoms with Crippen LogP contribution in [0.2, 0.25) is 0 Å². The van der Waals surface area contributed by atoms with Crippen LogP contribution in [0.5, 0.6) is 0 Å². The maximum atomic E-state index is 11.1. The largest absolute Gasteiger partial charge is 0.295 e. The van der Waals surface area contributed by atoms with Gasteiger partial charge in [-0.3, -0.25) is 4.79 Å². The molecule has 1 unspecified atom stereocenters. The number of hydrogen-bond donors (Lipinski definition) is 0. The second-order valence-corrected chi connectivity index (χ2v) is 2.95. The van der Waals surface area contributed by atoms with Gasteiger partial charge < -0.3 is 0 Å². The van der Waals surface area contributed by atoms with Gasteiger partial charge in [0.2, 0.25) is 0 Å². The van der Waals surface area contributed by atoms with Crippen LogP contribution < -0.4 is 0 Å². The standard InChI is InChI=1S/C9H14O/c1-3-8-5-4-6-9(10)7(8)2/h8H,2-6H2,1H3. The van der Waals surface area contributed by atoms with E-state index >= 15 is 0 Å². The summed E-state index contributed by atoms with van der Waals surface area (Å²) in [6, 6.07) is 0. The van der Waals surface area contributed by atoms with E-state index in [1.165, 1.54) is 6.42 Å². The topological polar surface area (TPSA) is 17.1 Å². The Balaban J connectivity index is 2.60. The molecule has 56 valence electrons. The van der Waals surface area contributed by atoms with Gasteiger partial charge in [0.15, 0.2) is 5.78 Å². The summed E-state index contributed by atoms with van der Waals surface area (Å²) in [5, 5.41) is 0. The minimum atomic E-state index is 0.290. The van der Waals surface area contributed by atoms with Crippen molar-refractivity contribution in [2.75, 3.05) is 0 Å². The molecule has 0 aromatic heterocycles. The summed E-state index contributed by atoms with van der Waals surface area (Å²) < 4.78 is 0. The molecule has 1 fully saturated rings. The van der Waals surface area contributed by atoms with Gasteiger partial charge in [-0.15, -0.1) is 0 Å². The number of rotatable bonds is 1. The number of ketones is 1. The third-order valence-electron chi connectivity index (χ3n) is 2.30. The van der Waals surface area contributed by atoms with Crippen LogP contribution in [-0.4, -0.2) is 5.78 Å². The van der Waals surface area contributed by atoms with Gasteiger partial charge in [-0.25, -0.2) is 0 Å². The Morgan fingerprint density at radius 3 is 2.90 bits per heavy atom. The van der Waals surface area contributed by atoms with E-state index in [0.29, 0.717) is 5.92 Å². The van der Waals surface area contributed by atoms with Gasteiger partial charge in [-0.2, -0.15) is 0 Å². The van der Waals surface area contributed by atoms with Crippen molar-refractivity contribution in [3.05, 3.63) is 12.2 Å². The first-order valence-electron chi connectivity index (χ1n) is 3.97. The van der Waals surface area contributed by atoms with Crippen molar-refractivity contribution in [2.24, 2.45) is 5.92 Å². The number of allylic oxidation sites excluding steroid dienone is 1. The lowest BCUT2D eigenvalue weighted by Crippen LogP contribution is -2.17. The van der Waals surface area contributed by atoms with Crippen LogP contribution in [0, 0.1) is 5.92 Å². The molecule has 0 amide bonds. The maximum Gasteiger partial charge on any atom is 0.158 e. The summed E-state index contributed by atoms with van der Waals surface area (Å²) in [4.78, 5) is 11.1. The highest BCUT2D eigenvalue weighted by molar-refractivity contribution is 5.95. The highest BCUT2D eigenvalue weighted by Crippen LogP contribution is 2.27.